The van der Waals surface area contributed by atoms with Crippen LogP contribution in [0.3, 0.4) is 0 Å². The van der Waals surface area contributed by atoms with Gasteiger partial charge in [-0.1, -0.05) is 38.0 Å². The molecule has 1 N–H and O–H groups in total. The molecule has 1 saturated heterocycles. The molecule has 9 nitrogen and oxygen atoms in total. The number of hydrogen-bond acceptors (Lipinski definition) is 6. The number of rotatable bonds is 10. The van der Waals surface area contributed by atoms with Gasteiger partial charge in [-0.3, -0.25) is 19.3 Å². The number of para-hydroxylation sites is 1. The molecule has 1 aliphatic heterocycles. The third-order valence-corrected chi connectivity index (χ3v) is 8.18. The van der Waals surface area contributed by atoms with Gasteiger partial charge in [-0.2, -0.15) is 0 Å². The minimum Gasteiger partial charge on any atom is -0.494 e. The van der Waals surface area contributed by atoms with Crippen LogP contribution < -0.4 is 15.0 Å². The number of thiocarbonyl (C=S) groups is 1. The normalized spacial score (nSPS) is 16.6. The largest absolute Gasteiger partial charge is 0.494 e. The van der Waals surface area contributed by atoms with Crippen molar-refractivity contribution in [2.75, 3.05) is 25.2 Å². The first-order valence-electron chi connectivity index (χ1n) is 14.4. The number of ether oxygens (including phenoxy) is 2. The molecular weight excluding hydrogens is 552 g/mol. The van der Waals surface area contributed by atoms with E-state index < -0.39 is 5.97 Å². The van der Waals surface area contributed by atoms with Gasteiger partial charge in [0.25, 0.3) is 5.91 Å². The van der Waals surface area contributed by atoms with Crippen molar-refractivity contribution in [2.45, 2.75) is 58.5 Å². The van der Waals surface area contributed by atoms with E-state index in [1.165, 1.54) is 16.9 Å². The molecule has 2 aliphatic rings. The molecule has 220 valence electrons. The van der Waals surface area contributed by atoms with E-state index in [1.807, 2.05) is 29.8 Å². The Morgan fingerprint density at radius 2 is 1.81 bits per heavy atom. The Kier molecular flexibility index (Phi) is 8.91. The van der Waals surface area contributed by atoms with Gasteiger partial charge in [-0.05, 0) is 74.3 Å². The van der Waals surface area contributed by atoms with E-state index in [1.54, 1.807) is 30.3 Å². The van der Waals surface area contributed by atoms with E-state index in [9.17, 15) is 14.4 Å². The number of nitrogens with one attached hydrogen (secondary N) is 1. The number of aromatic nitrogens is 1. The Morgan fingerprint density at radius 1 is 1.07 bits per heavy atom. The number of carbonyl (C=O) groups excluding carboxylic acids is 3. The fraction of sp³-hybridized carbons (Fsp3) is 0.375. The number of nitrogens with zero attached hydrogens (tertiary/aromatic N) is 3. The second-order valence-electron chi connectivity index (χ2n) is 10.5. The van der Waals surface area contributed by atoms with Gasteiger partial charge >= 0.3 is 5.97 Å². The van der Waals surface area contributed by atoms with Crippen molar-refractivity contribution < 1.29 is 23.9 Å². The SMILES string of the molecule is CCOc1ccc(N2C(=O)/C(=C/c3cn(CC(=O)NC4CCCC4)c4c(CC)cccc34)N(CC(=O)OC)C2=S)cc1. The molecule has 0 unspecified atom stereocenters. The Balaban J connectivity index is 1.55. The summed E-state index contributed by atoms with van der Waals surface area (Å²) in [6.07, 6.45) is 8.74. The maximum Gasteiger partial charge on any atom is 0.325 e. The molecule has 3 aromatic rings. The number of anilines is 1. The first-order valence-corrected chi connectivity index (χ1v) is 14.8. The Hall–Kier alpha value is -4.18. The van der Waals surface area contributed by atoms with Crippen molar-refractivity contribution in [1.82, 2.24) is 14.8 Å². The van der Waals surface area contributed by atoms with Crippen LogP contribution in [0.25, 0.3) is 17.0 Å². The first-order chi connectivity index (χ1) is 20.3. The predicted molar refractivity (Wildman–Crippen MR) is 166 cm³/mol. The van der Waals surface area contributed by atoms with Crippen molar-refractivity contribution in [3.05, 3.63) is 65.5 Å². The van der Waals surface area contributed by atoms with Gasteiger partial charge in [0.1, 0.15) is 24.5 Å². The molecule has 0 spiro atoms. The number of hydrogen-bond donors (Lipinski definition) is 1. The summed E-state index contributed by atoms with van der Waals surface area (Å²) in [7, 11) is 1.30. The maximum atomic E-state index is 13.9. The third-order valence-electron chi connectivity index (χ3n) is 7.78. The van der Waals surface area contributed by atoms with Crippen molar-refractivity contribution in [3.8, 4) is 5.75 Å². The summed E-state index contributed by atoms with van der Waals surface area (Å²) in [6, 6.07) is 13.3. The number of aryl methyl sites for hydroxylation is 1. The molecule has 42 heavy (non-hydrogen) atoms. The maximum absolute atomic E-state index is 13.9. The Morgan fingerprint density at radius 3 is 2.48 bits per heavy atom. The van der Waals surface area contributed by atoms with Gasteiger partial charge in [-0.15, -0.1) is 0 Å². The fourth-order valence-electron chi connectivity index (χ4n) is 5.75. The molecule has 0 radical (unpaired) electrons. The lowest BCUT2D eigenvalue weighted by molar-refractivity contribution is -0.140. The van der Waals surface area contributed by atoms with Crippen molar-refractivity contribution in [3.63, 3.8) is 0 Å². The molecule has 2 amide bonds. The standard InChI is InChI=1S/C32H36N4O5S/c1-4-21-9-8-12-26-22(18-34(30(21)26)19-28(37)33-23-10-6-7-11-23)17-27-31(39)36(32(42)35(27)20-29(38)40-3)24-13-15-25(16-14-24)41-5-2/h8-9,12-18,23H,4-7,10-11,19-20H2,1-3H3,(H,33,37)/b27-17-. The molecule has 1 aliphatic carbocycles. The quantitative estimate of drug-likeness (QED) is 0.206. The first kappa shape index (κ1) is 29.3. The summed E-state index contributed by atoms with van der Waals surface area (Å²) in [5, 5.41) is 4.26. The average Bonchev–Trinajstić information content (AvgIpc) is 3.68. The number of carbonyl (C=O) groups is 3. The number of benzene rings is 2. The van der Waals surface area contributed by atoms with Crippen molar-refractivity contribution in [1.29, 1.82) is 0 Å². The number of esters is 1. The highest BCUT2D eigenvalue weighted by atomic mass is 32.1. The summed E-state index contributed by atoms with van der Waals surface area (Å²) in [5.74, 6) is -0.239. The lowest BCUT2D eigenvalue weighted by atomic mass is 10.1. The van der Waals surface area contributed by atoms with Crippen LogP contribution in [0.4, 0.5) is 5.69 Å². The molecule has 1 aromatic heterocycles. The minimum atomic E-state index is -0.524. The molecule has 2 fully saturated rings. The summed E-state index contributed by atoms with van der Waals surface area (Å²) < 4.78 is 12.4. The van der Waals surface area contributed by atoms with Crippen LogP contribution in [0.2, 0.25) is 0 Å². The monoisotopic (exact) mass is 588 g/mol. The van der Waals surface area contributed by atoms with E-state index in [-0.39, 0.29) is 41.8 Å². The summed E-state index contributed by atoms with van der Waals surface area (Å²) in [4.78, 5) is 42.3. The second-order valence-corrected chi connectivity index (χ2v) is 10.8. The number of methoxy groups -OCH3 is 1. The van der Waals surface area contributed by atoms with Crippen LogP contribution in [-0.2, 0) is 32.1 Å². The molecule has 2 aromatic carbocycles. The molecule has 1 saturated carbocycles. The van der Waals surface area contributed by atoms with Crippen molar-refractivity contribution >= 4 is 57.8 Å². The third kappa shape index (κ3) is 5.90. The minimum absolute atomic E-state index is 0.0315. The number of fused-ring (bicyclic) bond motifs is 1. The predicted octanol–water partition coefficient (Wildman–Crippen LogP) is 4.81. The number of amides is 2. The molecular formula is C32H36N4O5S. The lowest BCUT2D eigenvalue weighted by Gasteiger charge is -2.19. The molecule has 5 rings (SSSR count). The highest BCUT2D eigenvalue weighted by Gasteiger charge is 2.40. The van der Waals surface area contributed by atoms with E-state index in [0.717, 1.165) is 54.1 Å². The van der Waals surface area contributed by atoms with E-state index in [2.05, 4.69) is 18.3 Å². The summed E-state index contributed by atoms with van der Waals surface area (Å²) >= 11 is 5.72. The Bertz CT molecular complexity index is 1540. The van der Waals surface area contributed by atoms with E-state index >= 15 is 0 Å². The molecule has 0 atom stereocenters. The second kappa shape index (κ2) is 12.8. The zero-order valence-electron chi connectivity index (χ0n) is 24.2. The van der Waals surface area contributed by atoms with Gasteiger partial charge in [0.15, 0.2) is 5.11 Å². The zero-order valence-corrected chi connectivity index (χ0v) is 25.0. The summed E-state index contributed by atoms with van der Waals surface area (Å²) in [6.45, 7) is 4.45. The van der Waals surface area contributed by atoms with Crippen LogP contribution in [0.5, 0.6) is 5.75 Å². The van der Waals surface area contributed by atoms with Crippen LogP contribution in [-0.4, -0.2) is 58.7 Å². The molecule has 10 heteroatoms. The van der Waals surface area contributed by atoms with Crippen LogP contribution in [0.1, 0.15) is 50.7 Å². The Labute approximate surface area is 251 Å². The van der Waals surface area contributed by atoms with Gasteiger partial charge < -0.3 is 24.3 Å². The van der Waals surface area contributed by atoms with Gasteiger partial charge in [-0.25, -0.2) is 0 Å². The highest BCUT2D eigenvalue weighted by molar-refractivity contribution is 7.80. The zero-order chi connectivity index (χ0) is 29.8. The van der Waals surface area contributed by atoms with Gasteiger partial charge in [0.2, 0.25) is 5.91 Å². The molecule has 2 heterocycles. The van der Waals surface area contributed by atoms with E-state index in [4.69, 9.17) is 21.7 Å². The fourth-order valence-corrected chi connectivity index (χ4v) is 6.10. The average molecular weight is 589 g/mol. The highest BCUT2D eigenvalue weighted by Crippen LogP contribution is 2.33. The summed E-state index contributed by atoms with van der Waals surface area (Å²) in [5.41, 5.74) is 3.61. The smallest absolute Gasteiger partial charge is 0.325 e. The van der Waals surface area contributed by atoms with Crippen molar-refractivity contribution in [2.24, 2.45) is 0 Å². The topological polar surface area (TPSA) is 93.1 Å². The van der Waals surface area contributed by atoms with Crippen LogP contribution in [0.15, 0.2) is 54.4 Å². The van der Waals surface area contributed by atoms with Gasteiger partial charge in [0.05, 0.1) is 24.9 Å². The van der Waals surface area contributed by atoms with Crippen LogP contribution >= 0.6 is 12.2 Å². The van der Waals surface area contributed by atoms with Crippen LogP contribution in [0, 0.1) is 0 Å². The lowest BCUT2D eigenvalue weighted by Crippen LogP contribution is -2.35. The molecule has 0 bridgehead atoms. The van der Waals surface area contributed by atoms with E-state index in [0.29, 0.717) is 18.0 Å². The van der Waals surface area contributed by atoms with Gasteiger partial charge in [0, 0.05) is 23.2 Å².